The predicted molar refractivity (Wildman–Crippen MR) is 86.4 cm³/mol. The van der Waals surface area contributed by atoms with E-state index in [2.05, 4.69) is 58.2 Å². The molecule has 1 unspecified atom stereocenters. The SMILES string of the molecule is CC(CCNCc1cn2ccccc2n1)c1ccccc1. The van der Waals surface area contributed by atoms with Gasteiger partial charge in [-0.15, -0.1) is 0 Å². The first-order chi connectivity index (χ1) is 10.3. The van der Waals surface area contributed by atoms with Gasteiger partial charge in [-0.1, -0.05) is 43.3 Å². The van der Waals surface area contributed by atoms with Crippen molar-refractivity contribution in [3.63, 3.8) is 0 Å². The summed E-state index contributed by atoms with van der Waals surface area (Å²) in [7, 11) is 0. The molecule has 3 heteroatoms. The zero-order valence-corrected chi connectivity index (χ0v) is 12.4. The maximum Gasteiger partial charge on any atom is 0.137 e. The second-order valence-electron chi connectivity index (χ2n) is 5.48. The summed E-state index contributed by atoms with van der Waals surface area (Å²) in [5, 5.41) is 3.49. The summed E-state index contributed by atoms with van der Waals surface area (Å²) in [6.45, 7) is 4.11. The van der Waals surface area contributed by atoms with E-state index in [1.54, 1.807) is 0 Å². The second-order valence-corrected chi connectivity index (χ2v) is 5.48. The van der Waals surface area contributed by atoms with Crippen LogP contribution in [0.15, 0.2) is 60.9 Å². The summed E-state index contributed by atoms with van der Waals surface area (Å²) >= 11 is 0. The van der Waals surface area contributed by atoms with Crippen molar-refractivity contribution >= 4 is 5.65 Å². The molecule has 2 aromatic heterocycles. The highest BCUT2D eigenvalue weighted by Crippen LogP contribution is 2.17. The predicted octanol–water partition coefficient (Wildman–Crippen LogP) is 3.62. The van der Waals surface area contributed by atoms with Gasteiger partial charge in [-0.05, 0) is 36.6 Å². The molecule has 0 aliphatic rings. The average molecular weight is 279 g/mol. The number of benzene rings is 1. The Morgan fingerprint density at radius 2 is 1.90 bits per heavy atom. The Balaban J connectivity index is 1.48. The monoisotopic (exact) mass is 279 g/mol. The van der Waals surface area contributed by atoms with Gasteiger partial charge in [-0.3, -0.25) is 0 Å². The number of hydrogen-bond acceptors (Lipinski definition) is 2. The molecule has 1 N–H and O–H groups in total. The van der Waals surface area contributed by atoms with Crippen molar-refractivity contribution in [3.8, 4) is 0 Å². The van der Waals surface area contributed by atoms with E-state index in [1.807, 2.05) is 24.4 Å². The molecule has 0 fully saturated rings. The Morgan fingerprint density at radius 1 is 1.10 bits per heavy atom. The van der Waals surface area contributed by atoms with Gasteiger partial charge in [-0.2, -0.15) is 0 Å². The van der Waals surface area contributed by atoms with Crippen LogP contribution < -0.4 is 5.32 Å². The van der Waals surface area contributed by atoms with Crippen molar-refractivity contribution in [1.29, 1.82) is 0 Å². The highest BCUT2D eigenvalue weighted by atomic mass is 15.0. The molecule has 3 aromatic rings. The fourth-order valence-electron chi connectivity index (χ4n) is 2.56. The highest BCUT2D eigenvalue weighted by Gasteiger charge is 2.05. The van der Waals surface area contributed by atoms with Gasteiger partial charge >= 0.3 is 0 Å². The lowest BCUT2D eigenvalue weighted by atomic mass is 9.98. The van der Waals surface area contributed by atoms with Crippen LogP contribution in [0.5, 0.6) is 0 Å². The molecule has 2 heterocycles. The smallest absolute Gasteiger partial charge is 0.137 e. The minimum Gasteiger partial charge on any atom is -0.311 e. The second kappa shape index (κ2) is 6.55. The molecule has 0 saturated carbocycles. The summed E-state index contributed by atoms with van der Waals surface area (Å²) in [6.07, 6.45) is 5.25. The van der Waals surface area contributed by atoms with Crippen molar-refractivity contribution in [1.82, 2.24) is 14.7 Å². The zero-order valence-electron chi connectivity index (χ0n) is 12.4. The van der Waals surface area contributed by atoms with Crippen LogP contribution in [0.3, 0.4) is 0 Å². The van der Waals surface area contributed by atoms with E-state index in [9.17, 15) is 0 Å². The first-order valence-corrected chi connectivity index (χ1v) is 7.51. The van der Waals surface area contributed by atoms with Crippen molar-refractivity contribution < 1.29 is 0 Å². The molecule has 0 radical (unpaired) electrons. The maximum atomic E-state index is 4.59. The number of fused-ring (bicyclic) bond motifs is 1. The minimum absolute atomic E-state index is 0.583. The third kappa shape index (κ3) is 3.50. The van der Waals surface area contributed by atoms with Crippen LogP contribution in [0.2, 0.25) is 0 Å². The molecule has 108 valence electrons. The van der Waals surface area contributed by atoms with E-state index in [0.29, 0.717) is 5.92 Å². The quantitative estimate of drug-likeness (QED) is 0.698. The van der Waals surface area contributed by atoms with Crippen molar-refractivity contribution in [2.24, 2.45) is 0 Å². The molecule has 0 bridgehead atoms. The first-order valence-electron chi connectivity index (χ1n) is 7.51. The number of imidazole rings is 1. The molecule has 21 heavy (non-hydrogen) atoms. The third-order valence-electron chi connectivity index (χ3n) is 3.84. The van der Waals surface area contributed by atoms with Gasteiger partial charge in [0.2, 0.25) is 0 Å². The summed E-state index contributed by atoms with van der Waals surface area (Å²) in [4.78, 5) is 4.59. The Morgan fingerprint density at radius 3 is 2.71 bits per heavy atom. The van der Waals surface area contributed by atoms with Crippen LogP contribution in [0, 0.1) is 0 Å². The van der Waals surface area contributed by atoms with E-state index in [-0.39, 0.29) is 0 Å². The van der Waals surface area contributed by atoms with Gasteiger partial charge in [0.25, 0.3) is 0 Å². The van der Waals surface area contributed by atoms with Crippen LogP contribution >= 0.6 is 0 Å². The van der Waals surface area contributed by atoms with Gasteiger partial charge < -0.3 is 9.72 Å². The molecule has 0 aliphatic carbocycles. The molecular weight excluding hydrogens is 258 g/mol. The number of aromatic nitrogens is 2. The van der Waals surface area contributed by atoms with E-state index in [1.165, 1.54) is 5.56 Å². The number of hydrogen-bond donors (Lipinski definition) is 1. The van der Waals surface area contributed by atoms with Gasteiger partial charge in [0.05, 0.1) is 5.69 Å². The van der Waals surface area contributed by atoms with Gasteiger partial charge in [-0.25, -0.2) is 4.98 Å². The fourth-order valence-corrected chi connectivity index (χ4v) is 2.56. The molecular formula is C18H21N3. The normalized spacial score (nSPS) is 12.6. The molecule has 0 saturated heterocycles. The van der Waals surface area contributed by atoms with Crippen LogP contribution in [-0.2, 0) is 6.54 Å². The topological polar surface area (TPSA) is 29.3 Å². The standard InChI is InChI=1S/C18H21N3/c1-15(16-7-3-2-4-8-16)10-11-19-13-17-14-21-12-6-5-9-18(21)20-17/h2-9,12,14-15,19H,10-11,13H2,1H3. The molecule has 1 aromatic carbocycles. The van der Waals surface area contributed by atoms with E-state index in [4.69, 9.17) is 0 Å². The van der Waals surface area contributed by atoms with Crippen LogP contribution in [0.4, 0.5) is 0 Å². The molecule has 0 amide bonds. The number of pyridine rings is 1. The largest absolute Gasteiger partial charge is 0.311 e. The Hall–Kier alpha value is -2.13. The lowest BCUT2D eigenvalue weighted by molar-refractivity contribution is 0.590. The van der Waals surface area contributed by atoms with Gasteiger partial charge in [0.15, 0.2) is 0 Å². The summed E-state index contributed by atoms with van der Waals surface area (Å²) in [5.41, 5.74) is 3.51. The zero-order chi connectivity index (χ0) is 14.5. The number of nitrogens with one attached hydrogen (secondary N) is 1. The lowest BCUT2D eigenvalue weighted by Crippen LogP contribution is -2.16. The number of nitrogens with zero attached hydrogens (tertiary/aromatic N) is 2. The number of rotatable bonds is 6. The minimum atomic E-state index is 0.583. The Kier molecular flexibility index (Phi) is 4.31. The molecule has 1 atom stereocenters. The van der Waals surface area contributed by atoms with E-state index < -0.39 is 0 Å². The van der Waals surface area contributed by atoms with E-state index in [0.717, 1.165) is 30.9 Å². The van der Waals surface area contributed by atoms with Gasteiger partial charge in [0, 0.05) is 18.9 Å². The first kappa shape index (κ1) is 13.8. The van der Waals surface area contributed by atoms with Crippen LogP contribution in [-0.4, -0.2) is 15.9 Å². The third-order valence-corrected chi connectivity index (χ3v) is 3.84. The Bertz CT molecular complexity index is 655. The van der Waals surface area contributed by atoms with Crippen molar-refractivity contribution in [2.75, 3.05) is 6.54 Å². The highest BCUT2D eigenvalue weighted by molar-refractivity contribution is 5.39. The molecule has 0 aliphatic heterocycles. The summed E-state index contributed by atoms with van der Waals surface area (Å²) in [6, 6.07) is 16.7. The molecule has 3 nitrogen and oxygen atoms in total. The fraction of sp³-hybridized carbons (Fsp3) is 0.278. The summed E-state index contributed by atoms with van der Waals surface area (Å²) in [5.74, 6) is 0.583. The van der Waals surface area contributed by atoms with Crippen LogP contribution in [0.1, 0.15) is 30.5 Å². The average Bonchev–Trinajstić information content (AvgIpc) is 2.95. The summed E-state index contributed by atoms with van der Waals surface area (Å²) < 4.78 is 2.06. The van der Waals surface area contributed by atoms with Crippen LogP contribution in [0.25, 0.3) is 5.65 Å². The van der Waals surface area contributed by atoms with Gasteiger partial charge in [0.1, 0.15) is 5.65 Å². The maximum absolute atomic E-state index is 4.59. The van der Waals surface area contributed by atoms with Crippen molar-refractivity contribution in [2.45, 2.75) is 25.8 Å². The lowest BCUT2D eigenvalue weighted by Gasteiger charge is -2.11. The van der Waals surface area contributed by atoms with Crippen molar-refractivity contribution in [3.05, 3.63) is 72.2 Å². The molecule has 0 spiro atoms. The van der Waals surface area contributed by atoms with E-state index >= 15 is 0 Å². The Labute approximate surface area is 125 Å². The molecule has 3 rings (SSSR count).